The first-order valence-corrected chi connectivity index (χ1v) is 9.05. The third-order valence-electron chi connectivity index (χ3n) is 4.72. The summed E-state index contributed by atoms with van der Waals surface area (Å²) >= 11 is 0. The van der Waals surface area contributed by atoms with E-state index >= 15 is 0 Å². The maximum atomic E-state index is 12.6. The van der Waals surface area contributed by atoms with Gasteiger partial charge in [0.25, 0.3) is 5.91 Å². The second-order valence-electron chi connectivity index (χ2n) is 6.41. The molecule has 2 aromatic rings. The summed E-state index contributed by atoms with van der Waals surface area (Å²) < 4.78 is 15.8. The topological polar surface area (TPSA) is 77.1 Å². The van der Waals surface area contributed by atoms with E-state index in [1.165, 1.54) is 21.3 Å². The molecule has 0 spiro atoms. The van der Waals surface area contributed by atoms with Crippen molar-refractivity contribution in [2.75, 3.05) is 32.8 Å². The third kappa shape index (κ3) is 4.03. The van der Waals surface area contributed by atoms with Crippen LogP contribution in [0.25, 0.3) is 0 Å². The molecule has 0 aliphatic carbocycles. The zero-order valence-corrected chi connectivity index (χ0v) is 16.3. The van der Waals surface area contributed by atoms with Crippen LogP contribution in [0.5, 0.6) is 17.2 Å². The molecule has 28 heavy (non-hydrogen) atoms. The summed E-state index contributed by atoms with van der Waals surface area (Å²) in [6.07, 6.45) is 1.49. The van der Waals surface area contributed by atoms with Gasteiger partial charge in [-0.15, -0.1) is 0 Å². The molecule has 0 atom stereocenters. The minimum absolute atomic E-state index is 0.154. The molecule has 148 valence electrons. The van der Waals surface area contributed by atoms with E-state index in [9.17, 15) is 9.59 Å². The lowest BCUT2D eigenvalue weighted by Gasteiger charge is -2.16. The van der Waals surface area contributed by atoms with Gasteiger partial charge in [-0.2, -0.15) is 0 Å². The first kappa shape index (κ1) is 19.5. The van der Waals surface area contributed by atoms with E-state index in [1.807, 2.05) is 24.3 Å². The van der Waals surface area contributed by atoms with Crippen LogP contribution in [0.15, 0.2) is 36.4 Å². The molecular formula is C21H24N2O5. The van der Waals surface area contributed by atoms with Crippen LogP contribution >= 0.6 is 0 Å². The Morgan fingerprint density at radius 3 is 2.21 bits per heavy atom. The fourth-order valence-corrected chi connectivity index (χ4v) is 3.20. The molecule has 7 nitrogen and oxygen atoms in total. The van der Waals surface area contributed by atoms with Crippen molar-refractivity contribution in [2.45, 2.75) is 19.4 Å². The predicted octanol–water partition coefficient (Wildman–Crippen LogP) is 2.77. The molecule has 1 fully saturated rings. The SMILES string of the molecule is COc1cc(OC)c(C(=O)NCc2ccc(N3CCCC3=O)cc2)cc1OC. The fourth-order valence-electron chi connectivity index (χ4n) is 3.20. The number of carbonyl (C=O) groups excluding carboxylic acids is 2. The molecule has 0 unspecified atom stereocenters. The monoisotopic (exact) mass is 384 g/mol. The highest BCUT2D eigenvalue weighted by Gasteiger charge is 2.21. The van der Waals surface area contributed by atoms with Crippen molar-refractivity contribution in [2.24, 2.45) is 0 Å². The van der Waals surface area contributed by atoms with E-state index < -0.39 is 0 Å². The summed E-state index contributed by atoms with van der Waals surface area (Å²) in [6.45, 7) is 1.11. The number of hydrogen-bond acceptors (Lipinski definition) is 5. The van der Waals surface area contributed by atoms with Crippen molar-refractivity contribution >= 4 is 17.5 Å². The standard InChI is InChI=1S/C21H24N2O5/c1-26-17-12-19(28-3)18(27-2)11-16(17)21(25)22-13-14-6-8-15(9-7-14)23-10-4-5-20(23)24/h6-9,11-12H,4-5,10,13H2,1-3H3,(H,22,25). The number of amides is 2. The fraction of sp³-hybridized carbons (Fsp3) is 0.333. The third-order valence-corrected chi connectivity index (χ3v) is 4.72. The Bertz CT molecular complexity index is 864. The van der Waals surface area contributed by atoms with Gasteiger partial charge in [-0.05, 0) is 24.1 Å². The maximum Gasteiger partial charge on any atom is 0.255 e. The Morgan fingerprint density at radius 1 is 1.00 bits per heavy atom. The summed E-state index contributed by atoms with van der Waals surface area (Å²) in [5.74, 6) is 1.22. The predicted molar refractivity (Wildman–Crippen MR) is 105 cm³/mol. The van der Waals surface area contributed by atoms with E-state index in [1.54, 1.807) is 17.0 Å². The molecular weight excluding hydrogens is 360 g/mol. The van der Waals surface area contributed by atoms with Crippen LogP contribution in [0.2, 0.25) is 0 Å². The highest BCUT2D eigenvalue weighted by Crippen LogP contribution is 2.34. The van der Waals surface area contributed by atoms with Crippen molar-refractivity contribution in [1.82, 2.24) is 5.32 Å². The first-order chi connectivity index (χ1) is 13.6. The molecule has 2 amide bonds. The number of benzene rings is 2. The van der Waals surface area contributed by atoms with E-state index in [4.69, 9.17) is 14.2 Å². The number of methoxy groups -OCH3 is 3. The average molecular weight is 384 g/mol. The van der Waals surface area contributed by atoms with E-state index in [0.29, 0.717) is 35.8 Å². The van der Waals surface area contributed by atoms with Gasteiger partial charge in [0.05, 0.1) is 26.9 Å². The molecule has 2 aromatic carbocycles. The lowest BCUT2D eigenvalue weighted by molar-refractivity contribution is -0.117. The quantitative estimate of drug-likeness (QED) is 0.794. The first-order valence-electron chi connectivity index (χ1n) is 9.05. The molecule has 0 radical (unpaired) electrons. The van der Waals surface area contributed by atoms with Crippen LogP contribution in [-0.4, -0.2) is 39.7 Å². The highest BCUT2D eigenvalue weighted by atomic mass is 16.5. The van der Waals surface area contributed by atoms with Crippen LogP contribution in [0, 0.1) is 0 Å². The minimum atomic E-state index is -0.281. The Morgan fingerprint density at radius 2 is 1.64 bits per heavy atom. The van der Waals surface area contributed by atoms with Crippen LogP contribution in [-0.2, 0) is 11.3 Å². The molecule has 1 heterocycles. The molecule has 3 rings (SSSR count). The molecule has 0 saturated carbocycles. The number of ether oxygens (including phenoxy) is 3. The molecule has 0 aromatic heterocycles. The molecule has 1 N–H and O–H groups in total. The summed E-state index contributed by atoms with van der Waals surface area (Å²) in [4.78, 5) is 26.3. The van der Waals surface area contributed by atoms with Crippen molar-refractivity contribution in [3.8, 4) is 17.2 Å². The molecule has 1 aliphatic rings. The summed E-state index contributed by atoms with van der Waals surface area (Å²) in [7, 11) is 4.53. The smallest absolute Gasteiger partial charge is 0.255 e. The zero-order valence-electron chi connectivity index (χ0n) is 16.3. The van der Waals surface area contributed by atoms with Gasteiger partial charge in [0.15, 0.2) is 11.5 Å². The van der Waals surface area contributed by atoms with Crippen LogP contribution in [0.4, 0.5) is 5.69 Å². The summed E-state index contributed by atoms with van der Waals surface area (Å²) in [5.41, 5.74) is 2.18. The summed E-state index contributed by atoms with van der Waals surface area (Å²) in [6, 6.07) is 10.8. The Hall–Kier alpha value is -3.22. The van der Waals surface area contributed by atoms with Gasteiger partial charge < -0.3 is 24.4 Å². The lowest BCUT2D eigenvalue weighted by Crippen LogP contribution is -2.24. The Balaban J connectivity index is 1.69. The van der Waals surface area contributed by atoms with Crippen LogP contribution in [0.1, 0.15) is 28.8 Å². The van der Waals surface area contributed by atoms with Crippen molar-refractivity contribution in [3.63, 3.8) is 0 Å². The second kappa shape index (κ2) is 8.65. The van der Waals surface area contributed by atoms with Crippen molar-refractivity contribution in [3.05, 3.63) is 47.5 Å². The number of nitrogens with one attached hydrogen (secondary N) is 1. The number of hydrogen-bond donors (Lipinski definition) is 1. The normalized spacial score (nSPS) is 13.4. The molecule has 1 saturated heterocycles. The van der Waals surface area contributed by atoms with Gasteiger partial charge in [-0.1, -0.05) is 12.1 Å². The second-order valence-corrected chi connectivity index (χ2v) is 6.41. The molecule has 0 bridgehead atoms. The lowest BCUT2D eigenvalue weighted by atomic mass is 10.1. The van der Waals surface area contributed by atoms with E-state index in [-0.39, 0.29) is 11.8 Å². The van der Waals surface area contributed by atoms with Gasteiger partial charge >= 0.3 is 0 Å². The van der Waals surface area contributed by atoms with E-state index in [0.717, 1.165) is 24.2 Å². The number of nitrogens with zero attached hydrogens (tertiary/aromatic N) is 1. The highest BCUT2D eigenvalue weighted by molar-refractivity contribution is 5.98. The van der Waals surface area contributed by atoms with Crippen LogP contribution in [0.3, 0.4) is 0 Å². The largest absolute Gasteiger partial charge is 0.496 e. The van der Waals surface area contributed by atoms with Crippen LogP contribution < -0.4 is 24.4 Å². The van der Waals surface area contributed by atoms with Crippen molar-refractivity contribution < 1.29 is 23.8 Å². The summed E-state index contributed by atoms with van der Waals surface area (Å²) in [5, 5.41) is 2.88. The minimum Gasteiger partial charge on any atom is -0.496 e. The molecule has 7 heteroatoms. The number of rotatable bonds is 7. The zero-order chi connectivity index (χ0) is 20.1. The van der Waals surface area contributed by atoms with Gasteiger partial charge in [-0.3, -0.25) is 9.59 Å². The molecule has 1 aliphatic heterocycles. The Kier molecular flexibility index (Phi) is 6.03. The maximum absolute atomic E-state index is 12.6. The van der Waals surface area contributed by atoms with Gasteiger partial charge in [0, 0.05) is 37.3 Å². The number of carbonyl (C=O) groups is 2. The van der Waals surface area contributed by atoms with Gasteiger partial charge in [-0.25, -0.2) is 0 Å². The van der Waals surface area contributed by atoms with Crippen molar-refractivity contribution in [1.29, 1.82) is 0 Å². The van der Waals surface area contributed by atoms with E-state index in [2.05, 4.69) is 5.32 Å². The van der Waals surface area contributed by atoms with Gasteiger partial charge in [0.2, 0.25) is 5.91 Å². The number of anilines is 1. The Labute approximate surface area is 164 Å². The average Bonchev–Trinajstić information content (AvgIpc) is 3.17. The van der Waals surface area contributed by atoms with Gasteiger partial charge in [0.1, 0.15) is 5.75 Å².